The molecule has 7 nitrogen and oxygen atoms in total. The minimum Gasteiger partial charge on any atom is -0.353 e. The first-order chi connectivity index (χ1) is 13.7. The second-order valence-corrected chi connectivity index (χ2v) is 7.31. The van der Waals surface area contributed by atoms with Gasteiger partial charge in [0.15, 0.2) is 0 Å². The first kappa shape index (κ1) is 18.4. The van der Waals surface area contributed by atoms with Crippen LogP contribution in [0, 0.1) is 5.92 Å². The Labute approximate surface area is 165 Å². The Kier molecular flexibility index (Phi) is 5.50. The van der Waals surface area contributed by atoms with Gasteiger partial charge >= 0.3 is 0 Å². The molecule has 7 heteroatoms. The van der Waals surface area contributed by atoms with Gasteiger partial charge in [0.25, 0.3) is 5.91 Å². The molecule has 2 amide bonds. The van der Waals surface area contributed by atoms with E-state index in [1.165, 1.54) is 0 Å². The molecule has 0 bridgehead atoms. The molecule has 0 saturated carbocycles. The van der Waals surface area contributed by atoms with Crippen LogP contribution in [0.3, 0.4) is 0 Å². The monoisotopic (exact) mass is 379 g/mol. The van der Waals surface area contributed by atoms with Crippen molar-refractivity contribution in [1.82, 2.24) is 19.8 Å². The Bertz CT molecular complexity index is 798. The third-order valence-corrected chi connectivity index (χ3v) is 5.60. The number of rotatable bonds is 3. The molecule has 146 valence electrons. The largest absolute Gasteiger partial charge is 0.353 e. The van der Waals surface area contributed by atoms with Crippen molar-refractivity contribution in [2.45, 2.75) is 12.8 Å². The van der Waals surface area contributed by atoms with Crippen LogP contribution >= 0.6 is 0 Å². The SMILES string of the molecule is O=C(c1cccnc1)N1CCC(C(=O)N2CCN(c3ccccn3)CC2)CC1. The van der Waals surface area contributed by atoms with Crippen molar-refractivity contribution in [1.29, 1.82) is 0 Å². The smallest absolute Gasteiger partial charge is 0.255 e. The predicted molar refractivity (Wildman–Crippen MR) is 106 cm³/mol. The van der Waals surface area contributed by atoms with Crippen molar-refractivity contribution in [2.24, 2.45) is 5.92 Å². The predicted octanol–water partition coefficient (Wildman–Crippen LogP) is 1.68. The van der Waals surface area contributed by atoms with E-state index in [2.05, 4.69) is 14.9 Å². The summed E-state index contributed by atoms with van der Waals surface area (Å²) in [6.45, 7) is 4.31. The fourth-order valence-corrected chi connectivity index (χ4v) is 3.96. The molecule has 0 unspecified atom stereocenters. The van der Waals surface area contributed by atoms with E-state index in [0.717, 1.165) is 44.8 Å². The lowest BCUT2D eigenvalue weighted by Gasteiger charge is -2.39. The van der Waals surface area contributed by atoms with Crippen molar-refractivity contribution in [2.75, 3.05) is 44.2 Å². The number of hydrogen-bond acceptors (Lipinski definition) is 5. The first-order valence-electron chi connectivity index (χ1n) is 9.86. The van der Waals surface area contributed by atoms with Gasteiger partial charge in [-0.2, -0.15) is 0 Å². The molecule has 0 radical (unpaired) electrons. The van der Waals surface area contributed by atoms with Crippen molar-refractivity contribution in [3.05, 3.63) is 54.5 Å². The topological polar surface area (TPSA) is 69.6 Å². The van der Waals surface area contributed by atoms with E-state index in [0.29, 0.717) is 18.7 Å². The highest BCUT2D eigenvalue weighted by Gasteiger charge is 2.32. The zero-order valence-electron chi connectivity index (χ0n) is 15.9. The van der Waals surface area contributed by atoms with E-state index in [1.54, 1.807) is 30.7 Å². The number of carbonyl (C=O) groups is 2. The highest BCUT2D eigenvalue weighted by molar-refractivity contribution is 5.94. The number of pyridine rings is 2. The second kappa shape index (κ2) is 8.37. The molecule has 2 aliphatic heterocycles. The molecule has 0 N–H and O–H groups in total. The molecule has 2 fully saturated rings. The van der Waals surface area contributed by atoms with Crippen LogP contribution in [0.5, 0.6) is 0 Å². The first-order valence-corrected chi connectivity index (χ1v) is 9.86. The van der Waals surface area contributed by atoms with E-state index in [1.807, 2.05) is 28.0 Å². The van der Waals surface area contributed by atoms with Crippen LogP contribution in [0.4, 0.5) is 5.82 Å². The lowest BCUT2D eigenvalue weighted by atomic mass is 9.94. The maximum Gasteiger partial charge on any atom is 0.255 e. The van der Waals surface area contributed by atoms with E-state index < -0.39 is 0 Å². The van der Waals surface area contributed by atoms with Crippen LogP contribution in [0.25, 0.3) is 0 Å². The van der Waals surface area contributed by atoms with Crippen molar-refractivity contribution >= 4 is 17.6 Å². The second-order valence-electron chi connectivity index (χ2n) is 7.31. The van der Waals surface area contributed by atoms with Crippen LogP contribution in [0.15, 0.2) is 48.9 Å². The highest BCUT2D eigenvalue weighted by Crippen LogP contribution is 2.22. The summed E-state index contributed by atoms with van der Waals surface area (Å²) in [5, 5.41) is 0. The molecular formula is C21H25N5O2. The number of hydrogen-bond donors (Lipinski definition) is 0. The van der Waals surface area contributed by atoms with Gasteiger partial charge in [-0.1, -0.05) is 6.07 Å². The Morgan fingerprint density at radius 1 is 0.857 bits per heavy atom. The van der Waals surface area contributed by atoms with E-state index in [4.69, 9.17) is 0 Å². The van der Waals surface area contributed by atoms with Gasteiger partial charge in [-0.15, -0.1) is 0 Å². The molecule has 0 aromatic carbocycles. The molecule has 2 aromatic rings. The van der Waals surface area contributed by atoms with Gasteiger partial charge in [-0.25, -0.2) is 4.98 Å². The Morgan fingerprint density at radius 2 is 1.64 bits per heavy atom. The number of carbonyl (C=O) groups excluding carboxylic acids is 2. The number of anilines is 1. The maximum atomic E-state index is 12.9. The van der Waals surface area contributed by atoms with E-state index in [9.17, 15) is 9.59 Å². The van der Waals surface area contributed by atoms with Gasteiger partial charge in [0, 0.05) is 63.8 Å². The molecule has 28 heavy (non-hydrogen) atoms. The zero-order valence-corrected chi connectivity index (χ0v) is 15.9. The summed E-state index contributed by atoms with van der Waals surface area (Å²) in [5.41, 5.74) is 0.609. The molecule has 4 rings (SSSR count). The summed E-state index contributed by atoms with van der Waals surface area (Å²) < 4.78 is 0. The van der Waals surface area contributed by atoms with Crippen LogP contribution in [0.1, 0.15) is 23.2 Å². The summed E-state index contributed by atoms with van der Waals surface area (Å²) in [6, 6.07) is 9.46. The Morgan fingerprint density at radius 3 is 2.29 bits per heavy atom. The molecule has 2 saturated heterocycles. The molecule has 0 aliphatic carbocycles. The number of amides is 2. The maximum absolute atomic E-state index is 12.9. The minimum absolute atomic E-state index is 0.00275. The third-order valence-electron chi connectivity index (χ3n) is 5.60. The van der Waals surface area contributed by atoms with Crippen LogP contribution in [0.2, 0.25) is 0 Å². The molecular weight excluding hydrogens is 354 g/mol. The molecule has 0 spiro atoms. The number of likely N-dealkylation sites (tertiary alicyclic amines) is 1. The van der Waals surface area contributed by atoms with Crippen LogP contribution in [-0.2, 0) is 4.79 Å². The summed E-state index contributed by atoms with van der Waals surface area (Å²) in [7, 11) is 0. The Balaban J connectivity index is 1.27. The van der Waals surface area contributed by atoms with Gasteiger partial charge in [0.2, 0.25) is 5.91 Å². The average Bonchev–Trinajstić information content (AvgIpc) is 2.79. The van der Waals surface area contributed by atoms with E-state index in [-0.39, 0.29) is 17.7 Å². The fourth-order valence-electron chi connectivity index (χ4n) is 3.96. The number of piperazine rings is 1. The molecule has 2 aliphatic rings. The van der Waals surface area contributed by atoms with Crippen LogP contribution in [-0.4, -0.2) is 70.9 Å². The lowest BCUT2D eigenvalue weighted by molar-refractivity contribution is -0.137. The number of nitrogens with zero attached hydrogens (tertiary/aromatic N) is 5. The standard InChI is InChI=1S/C21H25N5O2/c27-20(26-14-12-24(13-15-26)19-5-1-2-9-23-19)17-6-10-25(11-7-17)21(28)18-4-3-8-22-16-18/h1-5,8-9,16-17H,6-7,10-15H2. The van der Waals surface area contributed by atoms with Crippen molar-refractivity contribution < 1.29 is 9.59 Å². The quantitative estimate of drug-likeness (QED) is 0.812. The lowest BCUT2D eigenvalue weighted by Crippen LogP contribution is -2.52. The van der Waals surface area contributed by atoms with Gasteiger partial charge in [0.05, 0.1) is 5.56 Å². The normalized spacial score (nSPS) is 18.2. The van der Waals surface area contributed by atoms with Gasteiger partial charge in [-0.05, 0) is 37.1 Å². The van der Waals surface area contributed by atoms with Crippen LogP contribution < -0.4 is 4.90 Å². The number of piperidine rings is 1. The summed E-state index contributed by atoms with van der Waals surface area (Å²) >= 11 is 0. The molecule has 4 heterocycles. The van der Waals surface area contributed by atoms with Gasteiger partial charge < -0.3 is 14.7 Å². The Hall–Kier alpha value is -2.96. The van der Waals surface area contributed by atoms with Crippen molar-refractivity contribution in [3.63, 3.8) is 0 Å². The van der Waals surface area contributed by atoms with Crippen molar-refractivity contribution in [3.8, 4) is 0 Å². The fraction of sp³-hybridized carbons (Fsp3) is 0.429. The zero-order chi connectivity index (χ0) is 19.3. The van der Waals surface area contributed by atoms with E-state index >= 15 is 0 Å². The number of aromatic nitrogens is 2. The summed E-state index contributed by atoms with van der Waals surface area (Å²) in [5.74, 6) is 1.22. The highest BCUT2D eigenvalue weighted by atomic mass is 16.2. The molecule has 2 aromatic heterocycles. The summed E-state index contributed by atoms with van der Waals surface area (Å²) in [6.07, 6.45) is 6.51. The third kappa shape index (κ3) is 3.98. The van der Waals surface area contributed by atoms with Gasteiger partial charge in [0.1, 0.15) is 5.82 Å². The van der Waals surface area contributed by atoms with Gasteiger partial charge in [-0.3, -0.25) is 14.6 Å². The molecule has 0 atom stereocenters. The average molecular weight is 379 g/mol. The summed E-state index contributed by atoms with van der Waals surface area (Å²) in [4.78, 5) is 39.9. The minimum atomic E-state index is 0.00275.